The zero-order valence-electron chi connectivity index (χ0n) is 9.24. The van der Waals surface area contributed by atoms with Crippen LogP contribution in [-0.4, -0.2) is 19.9 Å². The smallest absolute Gasteiger partial charge is 0.109 e. The van der Waals surface area contributed by atoms with E-state index >= 15 is 0 Å². The van der Waals surface area contributed by atoms with E-state index in [1.807, 2.05) is 30.8 Å². The van der Waals surface area contributed by atoms with E-state index in [0.29, 0.717) is 0 Å². The first-order chi connectivity index (χ1) is 8.24. The summed E-state index contributed by atoms with van der Waals surface area (Å²) in [6.45, 7) is 0. The van der Waals surface area contributed by atoms with Gasteiger partial charge in [-0.15, -0.1) is 11.3 Å². The first-order valence-corrected chi connectivity index (χ1v) is 6.12. The molecule has 0 fully saturated rings. The molecule has 4 nitrogen and oxygen atoms in total. The Morgan fingerprint density at radius 2 is 2.24 bits per heavy atom. The van der Waals surface area contributed by atoms with E-state index in [4.69, 9.17) is 0 Å². The van der Waals surface area contributed by atoms with E-state index in [2.05, 4.69) is 10.1 Å². The van der Waals surface area contributed by atoms with Crippen LogP contribution >= 0.6 is 11.3 Å². The van der Waals surface area contributed by atoms with Crippen LogP contribution in [0, 0.1) is 0 Å². The van der Waals surface area contributed by atoms with E-state index in [0.717, 1.165) is 21.3 Å². The van der Waals surface area contributed by atoms with Crippen LogP contribution in [0.2, 0.25) is 0 Å². The summed E-state index contributed by atoms with van der Waals surface area (Å²) in [5.41, 5.74) is 2.55. The number of aliphatic hydroxyl groups is 1. The zero-order valence-corrected chi connectivity index (χ0v) is 10.1. The number of nitrogens with zero attached hydrogens (tertiary/aromatic N) is 3. The van der Waals surface area contributed by atoms with Crippen LogP contribution in [-0.2, 0) is 7.05 Å². The number of pyridine rings is 1. The summed E-state index contributed by atoms with van der Waals surface area (Å²) in [5.74, 6) is 0. The molecule has 0 spiro atoms. The van der Waals surface area contributed by atoms with Gasteiger partial charge >= 0.3 is 0 Å². The summed E-state index contributed by atoms with van der Waals surface area (Å²) in [4.78, 5) is 4.32. The molecule has 0 aliphatic carbocycles. The number of aryl methyl sites for hydroxylation is 1. The summed E-state index contributed by atoms with van der Waals surface area (Å²) in [7, 11) is 1.83. The van der Waals surface area contributed by atoms with E-state index in [1.165, 1.54) is 0 Å². The molecule has 3 rings (SSSR count). The largest absolute Gasteiger partial charge is 0.383 e. The maximum absolute atomic E-state index is 10.2. The molecule has 1 N–H and O–H groups in total. The summed E-state index contributed by atoms with van der Waals surface area (Å²) >= 11 is 1.62. The van der Waals surface area contributed by atoms with Crippen molar-refractivity contribution in [3.8, 4) is 0 Å². The Morgan fingerprint density at radius 3 is 3.00 bits per heavy atom. The normalized spacial score (nSPS) is 13.1. The average molecular weight is 245 g/mol. The molecular formula is C12H11N3OS. The summed E-state index contributed by atoms with van der Waals surface area (Å²) in [5, 5.41) is 16.3. The zero-order chi connectivity index (χ0) is 11.8. The van der Waals surface area contributed by atoms with E-state index < -0.39 is 6.10 Å². The van der Waals surface area contributed by atoms with Crippen LogP contribution in [0.3, 0.4) is 0 Å². The van der Waals surface area contributed by atoms with Crippen LogP contribution in [0.15, 0.2) is 36.1 Å². The van der Waals surface area contributed by atoms with E-state index in [9.17, 15) is 5.11 Å². The second-order valence-electron chi connectivity index (χ2n) is 3.92. The van der Waals surface area contributed by atoms with E-state index in [1.54, 1.807) is 28.4 Å². The molecular weight excluding hydrogens is 234 g/mol. The highest BCUT2D eigenvalue weighted by Gasteiger charge is 2.13. The van der Waals surface area contributed by atoms with Crippen molar-refractivity contribution in [2.45, 2.75) is 6.10 Å². The molecule has 0 bridgehead atoms. The van der Waals surface area contributed by atoms with Crippen molar-refractivity contribution >= 4 is 21.6 Å². The summed E-state index contributed by atoms with van der Waals surface area (Å²) in [6, 6.07) is 3.95. The molecule has 0 saturated heterocycles. The number of aromatic nitrogens is 3. The van der Waals surface area contributed by atoms with Gasteiger partial charge in [-0.25, -0.2) is 0 Å². The Hall–Kier alpha value is -1.72. The molecule has 17 heavy (non-hydrogen) atoms. The van der Waals surface area contributed by atoms with Crippen molar-refractivity contribution in [3.05, 3.63) is 47.2 Å². The molecule has 5 heteroatoms. The molecule has 0 amide bonds. The third-order valence-electron chi connectivity index (χ3n) is 2.68. The first kappa shape index (κ1) is 10.4. The third kappa shape index (κ3) is 1.83. The average Bonchev–Trinajstić information content (AvgIpc) is 2.95. The SMILES string of the molecule is Cn1cc(C(O)c2cnc3ccsc3c2)cn1. The molecule has 0 aliphatic heterocycles. The highest BCUT2D eigenvalue weighted by Crippen LogP contribution is 2.26. The Bertz CT molecular complexity index is 658. The molecule has 1 atom stereocenters. The van der Waals surface area contributed by atoms with Gasteiger partial charge in [0.1, 0.15) is 6.10 Å². The second-order valence-corrected chi connectivity index (χ2v) is 4.87. The van der Waals surface area contributed by atoms with Gasteiger partial charge in [0.05, 0.1) is 16.4 Å². The summed E-state index contributed by atoms with van der Waals surface area (Å²) in [6.07, 6.45) is 4.53. The lowest BCUT2D eigenvalue weighted by Crippen LogP contribution is -1.98. The molecule has 0 saturated carbocycles. The Labute approximate surface area is 102 Å². The number of rotatable bonds is 2. The minimum Gasteiger partial charge on any atom is -0.383 e. The summed E-state index contributed by atoms with van der Waals surface area (Å²) < 4.78 is 2.76. The van der Waals surface area contributed by atoms with Crippen LogP contribution in [0.5, 0.6) is 0 Å². The van der Waals surface area contributed by atoms with Crippen LogP contribution in [0.25, 0.3) is 10.2 Å². The topological polar surface area (TPSA) is 50.9 Å². The number of fused-ring (bicyclic) bond motifs is 1. The molecule has 3 aromatic heterocycles. The van der Waals surface area contributed by atoms with E-state index in [-0.39, 0.29) is 0 Å². The predicted octanol–water partition coefficient (Wildman–Crippen LogP) is 2.11. The highest BCUT2D eigenvalue weighted by molar-refractivity contribution is 7.17. The number of hydrogen-bond acceptors (Lipinski definition) is 4. The lowest BCUT2D eigenvalue weighted by Gasteiger charge is -2.07. The number of thiophene rings is 1. The van der Waals surface area contributed by atoms with Crippen molar-refractivity contribution < 1.29 is 5.11 Å². The Balaban J connectivity index is 2.02. The number of hydrogen-bond donors (Lipinski definition) is 1. The van der Waals surface area contributed by atoms with Crippen LogP contribution < -0.4 is 0 Å². The van der Waals surface area contributed by atoms with Gasteiger partial charge in [0.2, 0.25) is 0 Å². The molecule has 0 radical (unpaired) electrons. The first-order valence-electron chi connectivity index (χ1n) is 5.24. The minimum atomic E-state index is -0.664. The van der Waals surface area contributed by atoms with Gasteiger partial charge in [-0.05, 0) is 17.5 Å². The second kappa shape index (κ2) is 3.94. The van der Waals surface area contributed by atoms with Crippen molar-refractivity contribution in [2.24, 2.45) is 7.05 Å². The van der Waals surface area contributed by atoms with Gasteiger partial charge in [0.25, 0.3) is 0 Å². The highest BCUT2D eigenvalue weighted by atomic mass is 32.1. The van der Waals surface area contributed by atoms with Crippen LogP contribution in [0.4, 0.5) is 0 Å². The standard InChI is InChI=1S/C12H11N3OS/c1-15-7-9(6-14-15)12(16)8-4-11-10(13-5-8)2-3-17-11/h2-7,12,16H,1H3. The van der Waals surface area contributed by atoms with Gasteiger partial charge in [-0.1, -0.05) is 0 Å². The Morgan fingerprint density at radius 1 is 1.35 bits per heavy atom. The quantitative estimate of drug-likeness (QED) is 0.752. The fraction of sp³-hybridized carbons (Fsp3) is 0.167. The maximum Gasteiger partial charge on any atom is 0.109 e. The van der Waals surface area contributed by atoms with Crippen molar-refractivity contribution in [1.82, 2.24) is 14.8 Å². The monoisotopic (exact) mass is 245 g/mol. The third-order valence-corrected chi connectivity index (χ3v) is 3.53. The lowest BCUT2D eigenvalue weighted by molar-refractivity contribution is 0.220. The fourth-order valence-corrected chi connectivity index (χ4v) is 2.57. The Kier molecular flexibility index (Phi) is 2.42. The fourth-order valence-electron chi connectivity index (χ4n) is 1.78. The maximum atomic E-state index is 10.2. The van der Waals surface area contributed by atoms with Gasteiger partial charge in [-0.3, -0.25) is 9.67 Å². The number of aliphatic hydroxyl groups excluding tert-OH is 1. The van der Waals surface area contributed by atoms with Crippen LogP contribution in [0.1, 0.15) is 17.2 Å². The van der Waals surface area contributed by atoms with Gasteiger partial charge in [0, 0.05) is 30.6 Å². The lowest BCUT2D eigenvalue weighted by atomic mass is 10.1. The van der Waals surface area contributed by atoms with Crippen molar-refractivity contribution in [2.75, 3.05) is 0 Å². The molecule has 86 valence electrons. The van der Waals surface area contributed by atoms with Gasteiger partial charge in [0.15, 0.2) is 0 Å². The van der Waals surface area contributed by atoms with Gasteiger partial charge < -0.3 is 5.11 Å². The molecule has 3 aromatic rings. The molecule has 1 unspecified atom stereocenters. The molecule has 3 heterocycles. The molecule has 0 aliphatic rings. The molecule has 0 aromatic carbocycles. The van der Waals surface area contributed by atoms with Gasteiger partial charge in [-0.2, -0.15) is 5.10 Å². The minimum absolute atomic E-state index is 0.664. The van der Waals surface area contributed by atoms with Crippen molar-refractivity contribution in [3.63, 3.8) is 0 Å². The van der Waals surface area contributed by atoms with Crippen molar-refractivity contribution in [1.29, 1.82) is 0 Å². The predicted molar refractivity (Wildman–Crippen MR) is 66.9 cm³/mol.